The van der Waals surface area contributed by atoms with Crippen molar-refractivity contribution < 1.29 is 4.79 Å². The summed E-state index contributed by atoms with van der Waals surface area (Å²) in [5, 5.41) is 11.4. The predicted molar refractivity (Wildman–Crippen MR) is 75.5 cm³/mol. The van der Waals surface area contributed by atoms with Crippen molar-refractivity contribution in [3.8, 4) is 0 Å². The van der Waals surface area contributed by atoms with Gasteiger partial charge in [-0.15, -0.1) is 10.2 Å². The lowest BCUT2D eigenvalue weighted by atomic mass is 10.2. The van der Waals surface area contributed by atoms with Crippen molar-refractivity contribution in [3.05, 3.63) is 35.9 Å². The van der Waals surface area contributed by atoms with Crippen LogP contribution in [0.15, 0.2) is 18.6 Å². The number of rotatable bonds is 3. The topological polar surface area (TPSA) is 85.6 Å². The minimum absolute atomic E-state index is 0.209. The summed E-state index contributed by atoms with van der Waals surface area (Å²) in [6.07, 6.45) is 8.94. The zero-order valence-corrected chi connectivity index (χ0v) is 12.0. The van der Waals surface area contributed by atoms with Gasteiger partial charge in [-0.05, 0) is 19.8 Å². The lowest BCUT2D eigenvalue weighted by Crippen LogP contribution is -2.29. The van der Waals surface area contributed by atoms with E-state index in [0.717, 1.165) is 37.5 Å². The van der Waals surface area contributed by atoms with Crippen LogP contribution in [0.5, 0.6) is 0 Å². The first-order valence-electron chi connectivity index (χ1n) is 7.24. The smallest absolute Gasteiger partial charge is 0.272 e. The Morgan fingerprint density at radius 3 is 3.00 bits per heavy atom. The van der Waals surface area contributed by atoms with Gasteiger partial charge in [0.15, 0.2) is 5.82 Å². The van der Waals surface area contributed by atoms with E-state index in [4.69, 9.17) is 0 Å². The number of aromatic nitrogens is 5. The molecule has 0 bridgehead atoms. The van der Waals surface area contributed by atoms with E-state index in [2.05, 4.69) is 30.0 Å². The molecule has 7 nitrogen and oxygen atoms in total. The number of carbonyl (C=O) groups is 1. The number of fused-ring (bicyclic) bond motifs is 1. The Kier molecular flexibility index (Phi) is 3.89. The van der Waals surface area contributed by atoms with Crippen molar-refractivity contribution in [3.63, 3.8) is 0 Å². The lowest BCUT2D eigenvalue weighted by Gasteiger charge is -2.14. The maximum atomic E-state index is 12.1. The summed E-state index contributed by atoms with van der Waals surface area (Å²) < 4.78 is 2.13. The summed E-state index contributed by atoms with van der Waals surface area (Å²) in [6.45, 7) is 2.83. The van der Waals surface area contributed by atoms with Crippen molar-refractivity contribution in [1.82, 2.24) is 30.0 Å². The predicted octanol–water partition coefficient (Wildman–Crippen LogP) is 1.29. The van der Waals surface area contributed by atoms with Crippen LogP contribution in [0.4, 0.5) is 0 Å². The molecule has 0 spiro atoms. The van der Waals surface area contributed by atoms with Crippen LogP contribution in [0.1, 0.15) is 54.4 Å². The van der Waals surface area contributed by atoms with Crippen LogP contribution in [-0.4, -0.2) is 30.6 Å². The zero-order valence-electron chi connectivity index (χ0n) is 12.0. The summed E-state index contributed by atoms with van der Waals surface area (Å²) in [5.41, 5.74) is 0.306. The van der Waals surface area contributed by atoms with Crippen molar-refractivity contribution in [2.24, 2.45) is 0 Å². The quantitative estimate of drug-likeness (QED) is 0.918. The molecule has 0 radical (unpaired) electrons. The van der Waals surface area contributed by atoms with Crippen LogP contribution in [0.2, 0.25) is 0 Å². The maximum absolute atomic E-state index is 12.1. The molecule has 2 aromatic rings. The van der Waals surface area contributed by atoms with Crippen LogP contribution in [0.25, 0.3) is 0 Å². The van der Waals surface area contributed by atoms with Gasteiger partial charge in [-0.2, -0.15) is 0 Å². The number of carbonyl (C=O) groups excluding carboxylic acids is 1. The van der Waals surface area contributed by atoms with E-state index in [0.29, 0.717) is 5.69 Å². The van der Waals surface area contributed by atoms with Crippen molar-refractivity contribution in [2.45, 2.75) is 45.2 Å². The maximum Gasteiger partial charge on any atom is 0.272 e. The van der Waals surface area contributed by atoms with Crippen LogP contribution >= 0.6 is 0 Å². The lowest BCUT2D eigenvalue weighted by molar-refractivity contribution is 0.0932. The Bertz CT molecular complexity index is 624. The number of aryl methyl sites for hydroxylation is 1. The zero-order chi connectivity index (χ0) is 14.7. The Morgan fingerprint density at radius 1 is 1.29 bits per heavy atom. The van der Waals surface area contributed by atoms with Gasteiger partial charge in [0.1, 0.15) is 11.5 Å². The van der Waals surface area contributed by atoms with E-state index < -0.39 is 0 Å². The molecule has 1 aliphatic heterocycles. The highest BCUT2D eigenvalue weighted by Gasteiger charge is 2.21. The van der Waals surface area contributed by atoms with E-state index in [9.17, 15) is 4.79 Å². The molecule has 0 fully saturated rings. The summed E-state index contributed by atoms with van der Waals surface area (Å²) in [5.74, 6) is 1.58. The Hall–Kier alpha value is -2.31. The van der Waals surface area contributed by atoms with Crippen molar-refractivity contribution in [2.75, 3.05) is 0 Å². The van der Waals surface area contributed by atoms with Gasteiger partial charge in [0, 0.05) is 25.4 Å². The minimum atomic E-state index is -0.249. The molecule has 21 heavy (non-hydrogen) atoms. The molecule has 3 heterocycles. The fourth-order valence-corrected chi connectivity index (χ4v) is 2.58. The van der Waals surface area contributed by atoms with Gasteiger partial charge in [0.25, 0.3) is 5.91 Å². The average molecular weight is 286 g/mol. The number of nitrogens with zero attached hydrogens (tertiary/aromatic N) is 5. The van der Waals surface area contributed by atoms with Gasteiger partial charge in [-0.3, -0.25) is 9.78 Å². The molecule has 110 valence electrons. The molecule has 3 rings (SSSR count). The molecule has 1 N–H and O–H groups in total. The van der Waals surface area contributed by atoms with Gasteiger partial charge in [0.2, 0.25) is 0 Å². The number of nitrogens with one attached hydrogen (secondary N) is 1. The molecule has 7 heteroatoms. The first-order chi connectivity index (χ1) is 10.3. The summed E-state index contributed by atoms with van der Waals surface area (Å²) >= 11 is 0. The van der Waals surface area contributed by atoms with Gasteiger partial charge < -0.3 is 9.88 Å². The fraction of sp³-hybridized carbons (Fsp3) is 0.500. The Labute approximate surface area is 122 Å². The van der Waals surface area contributed by atoms with Crippen LogP contribution < -0.4 is 5.32 Å². The van der Waals surface area contributed by atoms with Gasteiger partial charge in [-0.25, -0.2) is 4.98 Å². The Morgan fingerprint density at radius 2 is 2.19 bits per heavy atom. The second-order valence-electron chi connectivity index (χ2n) is 5.22. The minimum Gasteiger partial charge on any atom is -0.341 e. The largest absolute Gasteiger partial charge is 0.341 e. The van der Waals surface area contributed by atoms with Crippen molar-refractivity contribution >= 4 is 5.91 Å². The monoisotopic (exact) mass is 286 g/mol. The highest BCUT2D eigenvalue weighted by Crippen LogP contribution is 2.18. The summed E-state index contributed by atoms with van der Waals surface area (Å²) in [4.78, 5) is 20.0. The molecule has 1 aliphatic rings. The van der Waals surface area contributed by atoms with Gasteiger partial charge in [0.05, 0.1) is 12.2 Å². The second kappa shape index (κ2) is 5.99. The van der Waals surface area contributed by atoms with E-state index in [-0.39, 0.29) is 11.9 Å². The highest BCUT2D eigenvalue weighted by molar-refractivity contribution is 5.92. The van der Waals surface area contributed by atoms with E-state index in [1.807, 2.05) is 6.92 Å². The van der Waals surface area contributed by atoms with Gasteiger partial charge in [-0.1, -0.05) is 6.42 Å². The first-order valence-corrected chi connectivity index (χ1v) is 7.24. The molecule has 0 saturated heterocycles. The van der Waals surface area contributed by atoms with Crippen LogP contribution in [-0.2, 0) is 13.0 Å². The highest BCUT2D eigenvalue weighted by atomic mass is 16.1. The molecule has 0 unspecified atom stereocenters. The van der Waals surface area contributed by atoms with E-state index in [1.54, 1.807) is 6.20 Å². The molecule has 2 aromatic heterocycles. The third kappa shape index (κ3) is 2.91. The molecule has 1 atom stereocenters. The standard InChI is InChI=1S/C14H18N6O/c1-10(17-14(21)11-9-15-6-7-16-11)13-19-18-12-5-3-2-4-8-20(12)13/h6-7,9-10H,2-5,8H2,1H3,(H,17,21)/t10-/m1/s1. The first kappa shape index (κ1) is 13.7. The number of hydrogen-bond acceptors (Lipinski definition) is 5. The number of amides is 1. The SMILES string of the molecule is C[C@@H](NC(=O)c1cnccn1)c1nnc2n1CCCCC2. The molecular formula is C14H18N6O. The number of hydrogen-bond donors (Lipinski definition) is 1. The molecular weight excluding hydrogens is 268 g/mol. The third-order valence-corrected chi connectivity index (χ3v) is 3.67. The molecule has 0 saturated carbocycles. The fourth-order valence-electron chi connectivity index (χ4n) is 2.58. The van der Waals surface area contributed by atoms with Gasteiger partial charge >= 0.3 is 0 Å². The van der Waals surface area contributed by atoms with E-state index in [1.165, 1.54) is 18.8 Å². The van der Waals surface area contributed by atoms with E-state index >= 15 is 0 Å². The molecule has 0 aliphatic carbocycles. The van der Waals surface area contributed by atoms with Crippen LogP contribution in [0, 0.1) is 0 Å². The summed E-state index contributed by atoms with van der Waals surface area (Å²) in [6, 6.07) is -0.209. The Balaban J connectivity index is 1.75. The molecule has 1 amide bonds. The third-order valence-electron chi connectivity index (χ3n) is 3.67. The average Bonchev–Trinajstić information content (AvgIpc) is 2.77. The summed E-state index contributed by atoms with van der Waals surface area (Å²) in [7, 11) is 0. The second-order valence-corrected chi connectivity index (χ2v) is 5.22. The van der Waals surface area contributed by atoms with Crippen molar-refractivity contribution in [1.29, 1.82) is 0 Å². The molecule has 0 aromatic carbocycles. The van der Waals surface area contributed by atoms with Crippen LogP contribution in [0.3, 0.4) is 0 Å². The normalized spacial score (nSPS) is 15.9.